The third-order valence-electron chi connectivity index (χ3n) is 4.52. The molecule has 23 heavy (non-hydrogen) atoms. The number of sulfonamides is 1. The number of para-hydroxylation sites is 1. The van der Waals surface area contributed by atoms with Crippen LogP contribution >= 0.6 is 0 Å². The highest BCUT2D eigenvalue weighted by molar-refractivity contribution is 7.88. The number of hydrogen-bond acceptors (Lipinski definition) is 4. The number of pyridine rings is 1. The lowest BCUT2D eigenvalue weighted by molar-refractivity contribution is 0.227. The van der Waals surface area contributed by atoms with Crippen molar-refractivity contribution in [3.05, 3.63) is 42.1 Å². The van der Waals surface area contributed by atoms with Crippen LogP contribution in [0.15, 0.2) is 36.5 Å². The predicted octanol–water partition coefficient (Wildman–Crippen LogP) is 2.27. The first-order chi connectivity index (χ1) is 11.0. The zero-order chi connectivity index (χ0) is 16.4. The van der Waals surface area contributed by atoms with Crippen molar-refractivity contribution in [2.75, 3.05) is 6.54 Å². The standard InChI is InChI=1S/C17H23N3O2S/c1-13(18)16-9-2-3-11-20(16)23(21,22)12-15-7-4-6-14-8-5-10-19-17(14)15/h4-8,10,13,16H,2-3,9,11-12,18H2,1H3/t13-,16+/m1/s1. The monoisotopic (exact) mass is 333 g/mol. The van der Waals surface area contributed by atoms with Crippen LogP contribution in [0.5, 0.6) is 0 Å². The molecule has 1 aliphatic heterocycles. The number of rotatable bonds is 4. The molecule has 6 heteroatoms. The SMILES string of the molecule is C[C@@H](N)[C@@H]1CCCCN1S(=O)(=O)Cc1cccc2cccnc12. The number of hydrogen-bond donors (Lipinski definition) is 1. The van der Waals surface area contributed by atoms with Gasteiger partial charge >= 0.3 is 0 Å². The summed E-state index contributed by atoms with van der Waals surface area (Å²) in [5, 5.41) is 0.961. The largest absolute Gasteiger partial charge is 0.326 e. The number of benzene rings is 1. The second kappa shape index (κ2) is 6.55. The molecule has 0 spiro atoms. The summed E-state index contributed by atoms with van der Waals surface area (Å²) in [6, 6.07) is 9.23. The van der Waals surface area contributed by atoms with Crippen molar-refractivity contribution in [2.45, 2.75) is 44.0 Å². The second-order valence-electron chi connectivity index (χ2n) is 6.28. The lowest BCUT2D eigenvalue weighted by atomic mass is 10.00. The van der Waals surface area contributed by atoms with E-state index in [1.807, 2.05) is 37.3 Å². The van der Waals surface area contributed by atoms with Crippen LogP contribution in [0.1, 0.15) is 31.7 Å². The molecular weight excluding hydrogens is 310 g/mol. The summed E-state index contributed by atoms with van der Waals surface area (Å²) < 4.78 is 27.5. The molecule has 0 radical (unpaired) electrons. The van der Waals surface area contributed by atoms with Gasteiger partial charge < -0.3 is 5.73 Å². The minimum Gasteiger partial charge on any atom is -0.326 e. The van der Waals surface area contributed by atoms with E-state index >= 15 is 0 Å². The van der Waals surface area contributed by atoms with E-state index in [9.17, 15) is 8.42 Å². The molecule has 1 aromatic carbocycles. The van der Waals surface area contributed by atoms with Crippen LogP contribution in [-0.4, -0.2) is 36.3 Å². The topological polar surface area (TPSA) is 76.3 Å². The van der Waals surface area contributed by atoms with Crippen LogP contribution in [0.2, 0.25) is 0 Å². The van der Waals surface area contributed by atoms with Crippen molar-refractivity contribution in [2.24, 2.45) is 5.73 Å². The number of fused-ring (bicyclic) bond motifs is 1. The molecule has 0 saturated carbocycles. The van der Waals surface area contributed by atoms with Gasteiger partial charge in [0, 0.05) is 30.2 Å². The minimum absolute atomic E-state index is 0.0232. The normalized spacial score (nSPS) is 21.4. The molecule has 5 nitrogen and oxygen atoms in total. The van der Waals surface area contributed by atoms with Gasteiger partial charge in [0.25, 0.3) is 0 Å². The lowest BCUT2D eigenvalue weighted by Gasteiger charge is -2.37. The molecule has 0 bridgehead atoms. The van der Waals surface area contributed by atoms with Gasteiger partial charge in [-0.2, -0.15) is 4.31 Å². The highest BCUT2D eigenvalue weighted by atomic mass is 32.2. The molecule has 0 unspecified atom stereocenters. The van der Waals surface area contributed by atoms with E-state index in [0.717, 1.165) is 35.7 Å². The van der Waals surface area contributed by atoms with Crippen molar-refractivity contribution in [1.82, 2.24) is 9.29 Å². The Morgan fingerprint density at radius 3 is 2.87 bits per heavy atom. The Labute approximate surface area is 137 Å². The third kappa shape index (κ3) is 3.39. The van der Waals surface area contributed by atoms with E-state index in [-0.39, 0.29) is 17.8 Å². The Kier molecular flexibility index (Phi) is 4.66. The summed E-state index contributed by atoms with van der Waals surface area (Å²) >= 11 is 0. The van der Waals surface area contributed by atoms with E-state index < -0.39 is 10.0 Å². The Hall–Kier alpha value is -1.50. The molecule has 2 heterocycles. The lowest BCUT2D eigenvalue weighted by Crippen LogP contribution is -2.51. The third-order valence-corrected chi connectivity index (χ3v) is 6.36. The highest BCUT2D eigenvalue weighted by Crippen LogP contribution is 2.26. The van der Waals surface area contributed by atoms with Gasteiger partial charge in [0.05, 0.1) is 11.3 Å². The highest BCUT2D eigenvalue weighted by Gasteiger charge is 2.34. The molecule has 124 valence electrons. The van der Waals surface area contributed by atoms with Crippen LogP contribution in [-0.2, 0) is 15.8 Å². The van der Waals surface area contributed by atoms with Gasteiger partial charge in [-0.1, -0.05) is 30.7 Å². The van der Waals surface area contributed by atoms with E-state index in [4.69, 9.17) is 5.73 Å². The fourth-order valence-corrected chi connectivity index (χ4v) is 5.27. The molecule has 0 amide bonds. The molecule has 1 fully saturated rings. The van der Waals surface area contributed by atoms with Gasteiger partial charge in [0.15, 0.2) is 0 Å². The Bertz CT molecular complexity index is 784. The van der Waals surface area contributed by atoms with Crippen molar-refractivity contribution in [3.8, 4) is 0 Å². The van der Waals surface area contributed by atoms with Crippen molar-refractivity contribution in [1.29, 1.82) is 0 Å². The summed E-state index contributed by atoms with van der Waals surface area (Å²) in [7, 11) is -3.41. The van der Waals surface area contributed by atoms with Crippen LogP contribution in [0.25, 0.3) is 10.9 Å². The summed E-state index contributed by atoms with van der Waals surface area (Å²) in [6.07, 6.45) is 4.47. The fourth-order valence-electron chi connectivity index (χ4n) is 3.36. The maximum atomic E-state index is 13.0. The van der Waals surface area contributed by atoms with Crippen molar-refractivity contribution >= 4 is 20.9 Å². The maximum absolute atomic E-state index is 13.0. The van der Waals surface area contributed by atoms with Crippen LogP contribution in [0, 0.1) is 0 Å². The first-order valence-electron chi connectivity index (χ1n) is 8.07. The van der Waals surface area contributed by atoms with Gasteiger partial charge in [-0.15, -0.1) is 0 Å². The maximum Gasteiger partial charge on any atom is 0.218 e. The van der Waals surface area contributed by atoms with E-state index in [1.165, 1.54) is 0 Å². The average molecular weight is 333 g/mol. The second-order valence-corrected chi connectivity index (χ2v) is 8.20. The zero-order valence-corrected chi connectivity index (χ0v) is 14.2. The molecule has 2 aromatic rings. The number of piperidine rings is 1. The van der Waals surface area contributed by atoms with E-state index in [1.54, 1.807) is 10.5 Å². The van der Waals surface area contributed by atoms with Crippen LogP contribution in [0.3, 0.4) is 0 Å². The van der Waals surface area contributed by atoms with Crippen molar-refractivity contribution in [3.63, 3.8) is 0 Å². The van der Waals surface area contributed by atoms with Crippen LogP contribution in [0.4, 0.5) is 0 Å². The minimum atomic E-state index is -3.41. The number of nitrogens with two attached hydrogens (primary N) is 1. The van der Waals surface area contributed by atoms with E-state index in [0.29, 0.717) is 6.54 Å². The molecule has 1 aromatic heterocycles. The zero-order valence-electron chi connectivity index (χ0n) is 13.4. The summed E-state index contributed by atoms with van der Waals surface area (Å²) in [4.78, 5) is 4.36. The predicted molar refractivity (Wildman–Crippen MR) is 92.4 cm³/mol. The summed E-state index contributed by atoms with van der Waals surface area (Å²) in [5.41, 5.74) is 7.52. The van der Waals surface area contributed by atoms with Gasteiger partial charge in [0.2, 0.25) is 10.0 Å². The number of nitrogens with zero attached hydrogens (tertiary/aromatic N) is 2. The van der Waals surface area contributed by atoms with Gasteiger partial charge in [0.1, 0.15) is 0 Å². The summed E-state index contributed by atoms with van der Waals surface area (Å²) in [5.74, 6) is -0.0232. The van der Waals surface area contributed by atoms with Gasteiger partial charge in [-0.05, 0) is 31.4 Å². The molecule has 1 aliphatic rings. The van der Waals surface area contributed by atoms with E-state index in [2.05, 4.69) is 4.98 Å². The van der Waals surface area contributed by atoms with Crippen molar-refractivity contribution < 1.29 is 8.42 Å². The first kappa shape index (κ1) is 16.4. The molecule has 1 saturated heterocycles. The smallest absolute Gasteiger partial charge is 0.218 e. The fraction of sp³-hybridized carbons (Fsp3) is 0.471. The quantitative estimate of drug-likeness (QED) is 0.931. The molecule has 3 rings (SSSR count). The average Bonchev–Trinajstić information content (AvgIpc) is 2.55. The summed E-state index contributed by atoms with van der Waals surface area (Å²) in [6.45, 7) is 2.45. The first-order valence-corrected chi connectivity index (χ1v) is 9.68. The number of aromatic nitrogens is 1. The molecule has 2 atom stereocenters. The Balaban J connectivity index is 1.93. The van der Waals surface area contributed by atoms with Gasteiger partial charge in [-0.3, -0.25) is 4.98 Å². The molecule has 0 aliphatic carbocycles. The Morgan fingerprint density at radius 1 is 1.30 bits per heavy atom. The molecular formula is C17H23N3O2S. The molecule has 2 N–H and O–H groups in total. The van der Waals surface area contributed by atoms with Gasteiger partial charge in [-0.25, -0.2) is 8.42 Å². The van der Waals surface area contributed by atoms with Crippen LogP contribution < -0.4 is 5.73 Å². The Morgan fingerprint density at radius 2 is 2.09 bits per heavy atom.